The summed E-state index contributed by atoms with van der Waals surface area (Å²) in [4.78, 5) is 2.16. The number of oxime groups is 1. The standard InChI is InChI=1S/C14H23N3O2/c1-2-9-17(12-14(15)16-18)10-6-11-19-13-7-4-3-5-8-13/h3-5,7-8,18H,2,6,9-12H2,1H3,(H2,15,16). The fourth-order valence-corrected chi connectivity index (χ4v) is 1.84. The zero-order chi connectivity index (χ0) is 13.9. The lowest BCUT2D eigenvalue weighted by Gasteiger charge is -2.20. The van der Waals surface area contributed by atoms with E-state index < -0.39 is 0 Å². The summed E-state index contributed by atoms with van der Waals surface area (Å²) in [5, 5.41) is 11.6. The van der Waals surface area contributed by atoms with Gasteiger partial charge >= 0.3 is 0 Å². The molecule has 0 amide bonds. The highest BCUT2D eigenvalue weighted by atomic mass is 16.5. The number of hydrogen-bond acceptors (Lipinski definition) is 4. The molecule has 0 aliphatic carbocycles. The molecule has 19 heavy (non-hydrogen) atoms. The molecule has 0 unspecified atom stereocenters. The molecule has 0 heterocycles. The fourth-order valence-electron chi connectivity index (χ4n) is 1.84. The van der Waals surface area contributed by atoms with E-state index in [0.29, 0.717) is 13.2 Å². The Hall–Kier alpha value is -1.75. The molecule has 0 atom stereocenters. The quantitative estimate of drug-likeness (QED) is 0.235. The molecule has 106 valence electrons. The van der Waals surface area contributed by atoms with Gasteiger partial charge in [0.25, 0.3) is 0 Å². The van der Waals surface area contributed by atoms with Crippen molar-refractivity contribution in [2.45, 2.75) is 19.8 Å². The van der Waals surface area contributed by atoms with E-state index in [1.54, 1.807) is 0 Å². The van der Waals surface area contributed by atoms with E-state index in [1.807, 2.05) is 30.3 Å². The first-order chi connectivity index (χ1) is 9.26. The fraction of sp³-hybridized carbons (Fsp3) is 0.500. The average molecular weight is 265 g/mol. The second-order valence-electron chi connectivity index (χ2n) is 4.38. The van der Waals surface area contributed by atoms with E-state index in [9.17, 15) is 0 Å². The van der Waals surface area contributed by atoms with Crippen molar-refractivity contribution >= 4 is 5.84 Å². The number of ether oxygens (including phenoxy) is 1. The van der Waals surface area contributed by atoms with Gasteiger partial charge in [-0.25, -0.2) is 0 Å². The third kappa shape index (κ3) is 6.67. The van der Waals surface area contributed by atoms with E-state index >= 15 is 0 Å². The minimum atomic E-state index is 0.248. The van der Waals surface area contributed by atoms with Gasteiger partial charge in [0.1, 0.15) is 5.75 Å². The highest BCUT2D eigenvalue weighted by Gasteiger charge is 2.06. The molecule has 0 aliphatic heterocycles. The monoisotopic (exact) mass is 265 g/mol. The first-order valence-corrected chi connectivity index (χ1v) is 6.63. The van der Waals surface area contributed by atoms with Crippen LogP contribution in [0.25, 0.3) is 0 Å². The lowest BCUT2D eigenvalue weighted by atomic mass is 10.3. The molecule has 1 aromatic carbocycles. The molecule has 0 aliphatic rings. The van der Waals surface area contributed by atoms with Gasteiger partial charge in [0.2, 0.25) is 0 Å². The zero-order valence-corrected chi connectivity index (χ0v) is 11.5. The number of nitrogens with zero attached hydrogens (tertiary/aromatic N) is 2. The summed E-state index contributed by atoms with van der Waals surface area (Å²) in [6, 6.07) is 9.77. The summed E-state index contributed by atoms with van der Waals surface area (Å²) in [6.07, 6.45) is 1.95. The van der Waals surface area contributed by atoms with Crippen LogP contribution in [0, 0.1) is 0 Å². The molecule has 0 saturated heterocycles. The molecule has 0 spiro atoms. The van der Waals surface area contributed by atoms with Crippen molar-refractivity contribution in [2.24, 2.45) is 10.9 Å². The highest BCUT2D eigenvalue weighted by Crippen LogP contribution is 2.08. The molecule has 0 saturated carbocycles. The molecule has 3 N–H and O–H groups in total. The third-order valence-corrected chi connectivity index (χ3v) is 2.68. The van der Waals surface area contributed by atoms with Crippen LogP contribution in [0.3, 0.4) is 0 Å². The van der Waals surface area contributed by atoms with Crippen molar-refractivity contribution in [1.82, 2.24) is 4.90 Å². The lowest BCUT2D eigenvalue weighted by molar-refractivity contribution is 0.249. The summed E-state index contributed by atoms with van der Waals surface area (Å²) >= 11 is 0. The molecule has 5 nitrogen and oxygen atoms in total. The van der Waals surface area contributed by atoms with Crippen LogP contribution in [0.15, 0.2) is 35.5 Å². The van der Waals surface area contributed by atoms with Gasteiger partial charge in [0, 0.05) is 6.54 Å². The van der Waals surface area contributed by atoms with Crippen molar-refractivity contribution in [3.8, 4) is 5.75 Å². The minimum Gasteiger partial charge on any atom is -0.494 e. The second kappa shape index (κ2) is 9.22. The number of hydrogen-bond donors (Lipinski definition) is 2. The van der Waals surface area contributed by atoms with Crippen LogP contribution >= 0.6 is 0 Å². The molecule has 1 aromatic rings. The van der Waals surface area contributed by atoms with E-state index in [1.165, 1.54) is 0 Å². The van der Waals surface area contributed by atoms with Crippen molar-refractivity contribution < 1.29 is 9.94 Å². The topological polar surface area (TPSA) is 71.1 Å². The maximum Gasteiger partial charge on any atom is 0.153 e. The van der Waals surface area contributed by atoms with E-state index in [4.69, 9.17) is 15.7 Å². The maximum absolute atomic E-state index is 8.58. The Balaban J connectivity index is 2.24. The molecule has 0 aromatic heterocycles. The Morgan fingerprint density at radius 2 is 2.05 bits per heavy atom. The van der Waals surface area contributed by atoms with Gasteiger partial charge in [-0.15, -0.1) is 0 Å². The molecule has 5 heteroatoms. The summed E-state index contributed by atoms with van der Waals surface area (Å²) < 4.78 is 5.63. The van der Waals surface area contributed by atoms with Gasteiger partial charge in [-0.1, -0.05) is 30.3 Å². The van der Waals surface area contributed by atoms with Crippen LogP contribution in [-0.4, -0.2) is 42.2 Å². The number of para-hydroxylation sites is 1. The Morgan fingerprint density at radius 1 is 1.32 bits per heavy atom. The van der Waals surface area contributed by atoms with Crippen molar-refractivity contribution in [3.63, 3.8) is 0 Å². The average Bonchev–Trinajstić information content (AvgIpc) is 2.44. The Morgan fingerprint density at radius 3 is 2.68 bits per heavy atom. The Kier molecular flexibility index (Phi) is 7.43. The normalized spacial score (nSPS) is 11.8. The van der Waals surface area contributed by atoms with Gasteiger partial charge in [0.15, 0.2) is 5.84 Å². The summed E-state index contributed by atoms with van der Waals surface area (Å²) in [6.45, 7) is 5.08. The summed E-state index contributed by atoms with van der Waals surface area (Å²) in [5.41, 5.74) is 5.53. The van der Waals surface area contributed by atoms with Gasteiger partial charge in [-0.05, 0) is 31.5 Å². The van der Waals surface area contributed by atoms with Gasteiger partial charge in [-0.3, -0.25) is 4.90 Å². The van der Waals surface area contributed by atoms with Crippen LogP contribution in [0.5, 0.6) is 5.75 Å². The van der Waals surface area contributed by atoms with Crippen molar-refractivity contribution in [3.05, 3.63) is 30.3 Å². The molecule has 1 rings (SSSR count). The molecule has 0 fully saturated rings. The third-order valence-electron chi connectivity index (χ3n) is 2.68. The van der Waals surface area contributed by atoms with E-state index in [0.717, 1.165) is 31.7 Å². The second-order valence-corrected chi connectivity index (χ2v) is 4.38. The van der Waals surface area contributed by atoms with Crippen LogP contribution < -0.4 is 10.5 Å². The van der Waals surface area contributed by atoms with Crippen LogP contribution in [-0.2, 0) is 0 Å². The molecule has 0 radical (unpaired) electrons. The van der Waals surface area contributed by atoms with Crippen LogP contribution in [0.1, 0.15) is 19.8 Å². The summed E-state index contributed by atoms with van der Waals surface area (Å²) in [7, 11) is 0. The minimum absolute atomic E-state index is 0.248. The Labute approximate surface area is 114 Å². The highest BCUT2D eigenvalue weighted by molar-refractivity contribution is 5.81. The zero-order valence-electron chi connectivity index (χ0n) is 11.5. The molecular formula is C14H23N3O2. The van der Waals surface area contributed by atoms with Gasteiger partial charge < -0.3 is 15.7 Å². The number of rotatable bonds is 9. The Bertz CT molecular complexity index is 368. The van der Waals surface area contributed by atoms with Crippen LogP contribution in [0.4, 0.5) is 0 Å². The number of nitrogens with two attached hydrogens (primary N) is 1. The SMILES string of the molecule is CCCN(CCCOc1ccccc1)CC(N)=NO. The molecular weight excluding hydrogens is 242 g/mol. The lowest BCUT2D eigenvalue weighted by Crippen LogP contribution is -2.35. The van der Waals surface area contributed by atoms with Gasteiger partial charge in [-0.2, -0.15) is 0 Å². The number of benzene rings is 1. The number of amidine groups is 1. The predicted molar refractivity (Wildman–Crippen MR) is 76.7 cm³/mol. The predicted octanol–water partition coefficient (Wildman–Crippen LogP) is 1.91. The van der Waals surface area contributed by atoms with E-state index in [-0.39, 0.29) is 5.84 Å². The first kappa shape index (κ1) is 15.3. The van der Waals surface area contributed by atoms with Crippen molar-refractivity contribution in [2.75, 3.05) is 26.2 Å². The van der Waals surface area contributed by atoms with Gasteiger partial charge in [0.05, 0.1) is 13.2 Å². The van der Waals surface area contributed by atoms with Crippen molar-refractivity contribution in [1.29, 1.82) is 0 Å². The first-order valence-electron chi connectivity index (χ1n) is 6.63. The largest absolute Gasteiger partial charge is 0.494 e. The van der Waals surface area contributed by atoms with Crippen LogP contribution in [0.2, 0.25) is 0 Å². The molecule has 0 bridgehead atoms. The smallest absolute Gasteiger partial charge is 0.153 e. The summed E-state index contributed by atoms with van der Waals surface area (Å²) in [5.74, 6) is 1.14. The van der Waals surface area contributed by atoms with E-state index in [2.05, 4.69) is 17.0 Å². The maximum atomic E-state index is 8.58.